The number of anilines is 1. The molecule has 0 aliphatic rings. The number of benzene rings is 1. The van der Waals surface area contributed by atoms with E-state index < -0.39 is 0 Å². The van der Waals surface area contributed by atoms with Gasteiger partial charge in [-0.2, -0.15) is 0 Å². The van der Waals surface area contributed by atoms with Crippen LogP contribution in [0.1, 0.15) is 32.7 Å². The second kappa shape index (κ2) is 8.35. The minimum Gasteiger partial charge on any atom is -0.494 e. The molecule has 3 rings (SSSR count). The minimum atomic E-state index is -0.352. The molecule has 0 aliphatic carbocycles. The number of hydrogen-bond donors (Lipinski definition) is 2. The standard InChI is InChI=1S/C19H18N2O4S/c1-2-24-14-7-4-3-6-13(14)12-20-19(23)16-9-10-17(26-16)21-18(22)15-8-5-11-25-15/h3-11H,2,12H2,1H3,(H,20,23)(H,21,22). The van der Waals surface area contributed by atoms with E-state index in [4.69, 9.17) is 9.15 Å². The number of nitrogens with one attached hydrogen (secondary N) is 2. The Morgan fingerprint density at radius 2 is 1.92 bits per heavy atom. The first-order valence-electron chi connectivity index (χ1n) is 8.11. The number of ether oxygens (including phenoxy) is 1. The summed E-state index contributed by atoms with van der Waals surface area (Å²) in [5.41, 5.74) is 0.908. The largest absolute Gasteiger partial charge is 0.494 e. The number of carbonyl (C=O) groups is 2. The first-order chi connectivity index (χ1) is 12.7. The highest BCUT2D eigenvalue weighted by Crippen LogP contribution is 2.23. The van der Waals surface area contributed by atoms with E-state index in [-0.39, 0.29) is 17.6 Å². The second-order valence-corrected chi connectivity index (χ2v) is 6.40. The van der Waals surface area contributed by atoms with Crippen LogP contribution in [0.4, 0.5) is 5.00 Å². The molecule has 0 radical (unpaired) electrons. The van der Waals surface area contributed by atoms with Crippen molar-refractivity contribution in [2.45, 2.75) is 13.5 Å². The molecule has 0 unspecified atom stereocenters. The Morgan fingerprint density at radius 3 is 2.69 bits per heavy atom. The predicted octanol–water partition coefficient (Wildman–Crippen LogP) is 3.92. The molecule has 2 amide bonds. The van der Waals surface area contributed by atoms with Crippen LogP contribution in [0.2, 0.25) is 0 Å². The first kappa shape index (κ1) is 17.8. The zero-order chi connectivity index (χ0) is 18.4. The van der Waals surface area contributed by atoms with Crippen molar-refractivity contribution < 1.29 is 18.7 Å². The Hall–Kier alpha value is -3.06. The molecular formula is C19H18N2O4S. The number of furan rings is 1. The van der Waals surface area contributed by atoms with Crippen molar-refractivity contribution in [3.63, 3.8) is 0 Å². The highest BCUT2D eigenvalue weighted by molar-refractivity contribution is 7.18. The highest BCUT2D eigenvalue weighted by Gasteiger charge is 2.13. The molecule has 0 bridgehead atoms. The van der Waals surface area contributed by atoms with Crippen LogP contribution in [-0.2, 0) is 6.54 Å². The van der Waals surface area contributed by atoms with E-state index >= 15 is 0 Å². The van der Waals surface area contributed by atoms with Gasteiger partial charge in [0.15, 0.2) is 5.76 Å². The molecule has 2 aromatic heterocycles. The van der Waals surface area contributed by atoms with Crippen LogP contribution in [0.5, 0.6) is 5.75 Å². The fourth-order valence-corrected chi connectivity index (χ4v) is 3.13. The molecule has 7 heteroatoms. The third kappa shape index (κ3) is 4.31. The Kier molecular flexibility index (Phi) is 5.70. The Balaban J connectivity index is 1.59. The molecule has 134 valence electrons. The maximum Gasteiger partial charge on any atom is 0.291 e. The second-order valence-electron chi connectivity index (χ2n) is 5.32. The van der Waals surface area contributed by atoms with Gasteiger partial charge in [-0.15, -0.1) is 11.3 Å². The van der Waals surface area contributed by atoms with E-state index in [0.29, 0.717) is 23.0 Å². The van der Waals surface area contributed by atoms with Gasteiger partial charge in [0.2, 0.25) is 0 Å². The van der Waals surface area contributed by atoms with Gasteiger partial charge in [0.1, 0.15) is 5.75 Å². The molecule has 6 nitrogen and oxygen atoms in total. The van der Waals surface area contributed by atoms with Gasteiger partial charge in [0.05, 0.1) is 22.7 Å². The lowest BCUT2D eigenvalue weighted by Gasteiger charge is -2.10. The summed E-state index contributed by atoms with van der Waals surface area (Å²) in [6.45, 7) is 2.84. The third-order valence-corrected chi connectivity index (χ3v) is 4.52. The molecule has 2 N–H and O–H groups in total. The summed E-state index contributed by atoms with van der Waals surface area (Å²) in [7, 11) is 0. The average molecular weight is 370 g/mol. The van der Waals surface area contributed by atoms with Crippen molar-refractivity contribution >= 4 is 28.2 Å². The normalized spacial score (nSPS) is 10.3. The Labute approximate surface area is 154 Å². The van der Waals surface area contributed by atoms with Crippen molar-refractivity contribution in [3.8, 4) is 5.75 Å². The lowest BCUT2D eigenvalue weighted by Crippen LogP contribution is -2.22. The average Bonchev–Trinajstić information content (AvgIpc) is 3.33. The van der Waals surface area contributed by atoms with Crippen molar-refractivity contribution in [2.24, 2.45) is 0 Å². The van der Waals surface area contributed by atoms with Crippen molar-refractivity contribution in [1.82, 2.24) is 5.32 Å². The van der Waals surface area contributed by atoms with E-state index in [9.17, 15) is 9.59 Å². The summed E-state index contributed by atoms with van der Waals surface area (Å²) < 4.78 is 10.6. The maximum atomic E-state index is 12.3. The van der Waals surface area contributed by atoms with Gasteiger partial charge in [-0.25, -0.2) is 0 Å². The topological polar surface area (TPSA) is 80.6 Å². The molecule has 1 aromatic carbocycles. The SMILES string of the molecule is CCOc1ccccc1CNC(=O)c1ccc(NC(=O)c2ccco2)s1. The molecule has 0 spiro atoms. The van der Waals surface area contributed by atoms with Crippen LogP contribution >= 0.6 is 11.3 Å². The van der Waals surface area contributed by atoms with Crippen molar-refractivity contribution in [2.75, 3.05) is 11.9 Å². The van der Waals surface area contributed by atoms with Gasteiger partial charge in [0.25, 0.3) is 11.8 Å². The summed E-state index contributed by atoms with van der Waals surface area (Å²) in [5, 5.41) is 6.15. The Bertz CT molecular complexity index is 887. The van der Waals surface area contributed by atoms with E-state index in [1.807, 2.05) is 31.2 Å². The summed E-state index contributed by atoms with van der Waals surface area (Å²) in [6.07, 6.45) is 1.43. The van der Waals surface area contributed by atoms with Crippen LogP contribution in [0.25, 0.3) is 0 Å². The van der Waals surface area contributed by atoms with Crippen LogP contribution in [0.15, 0.2) is 59.2 Å². The van der Waals surface area contributed by atoms with Crippen LogP contribution < -0.4 is 15.4 Å². The zero-order valence-electron chi connectivity index (χ0n) is 14.2. The molecule has 0 atom stereocenters. The third-order valence-electron chi connectivity index (χ3n) is 3.52. The van der Waals surface area contributed by atoms with Crippen molar-refractivity contribution in [3.05, 3.63) is 71.0 Å². The van der Waals surface area contributed by atoms with Crippen LogP contribution in [-0.4, -0.2) is 18.4 Å². The Morgan fingerprint density at radius 1 is 1.08 bits per heavy atom. The van der Waals surface area contributed by atoms with Crippen LogP contribution in [0.3, 0.4) is 0 Å². The monoisotopic (exact) mass is 370 g/mol. The summed E-state index contributed by atoms with van der Waals surface area (Å²) >= 11 is 1.20. The van der Waals surface area contributed by atoms with Gasteiger partial charge in [-0.1, -0.05) is 18.2 Å². The van der Waals surface area contributed by atoms with Gasteiger partial charge >= 0.3 is 0 Å². The number of para-hydroxylation sites is 1. The van der Waals surface area contributed by atoms with E-state index in [2.05, 4.69) is 10.6 Å². The lowest BCUT2D eigenvalue weighted by atomic mass is 10.2. The van der Waals surface area contributed by atoms with Gasteiger partial charge < -0.3 is 19.8 Å². The fourth-order valence-electron chi connectivity index (χ4n) is 2.32. The molecule has 0 fully saturated rings. The smallest absolute Gasteiger partial charge is 0.291 e. The molecule has 3 aromatic rings. The molecule has 2 heterocycles. The number of amides is 2. The molecule has 0 saturated heterocycles. The lowest BCUT2D eigenvalue weighted by molar-refractivity contribution is 0.0953. The summed E-state index contributed by atoms with van der Waals surface area (Å²) in [4.78, 5) is 24.8. The number of hydrogen-bond acceptors (Lipinski definition) is 5. The highest BCUT2D eigenvalue weighted by atomic mass is 32.1. The number of carbonyl (C=O) groups excluding carboxylic acids is 2. The zero-order valence-corrected chi connectivity index (χ0v) is 15.0. The molecule has 0 saturated carbocycles. The van der Waals surface area contributed by atoms with Crippen LogP contribution in [0, 0.1) is 0 Å². The maximum absolute atomic E-state index is 12.3. The molecule has 0 aliphatic heterocycles. The van der Waals surface area contributed by atoms with Gasteiger partial charge in [0, 0.05) is 12.1 Å². The summed E-state index contributed by atoms with van der Waals surface area (Å²) in [5.74, 6) is 0.416. The van der Waals surface area contributed by atoms with E-state index in [1.165, 1.54) is 17.6 Å². The summed E-state index contributed by atoms with van der Waals surface area (Å²) in [6, 6.07) is 14.2. The quantitative estimate of drug-likeness (QED) is 0.660. The van der Waals surface area contributed by atoms with E-state index in [0.717, 1.165) is 11.3 Å². The van der Waals surface area contributed by atoms with E-state index in [1.54, 1.807) is 24.3 Å². The first-order valence-corrected chi connectivity index (χ1v) is 8.92. The predicted molar refractivity (Wildman–Crippen MR) is 99.8 cm³/mol. The molecular weight excluding hydrogens is 352 g/mol. The molecule has 26 heavy (non-hydrogen) atoms. The van der Waals surface area contributed by atoms with Gasteiger partial charge in [-0.05, 0) is 37.3 Å². The fraction of sp³-hybridized carbons (Fsp3) is 0.158. The van der Waals surface area contributed by atoms with Gasteiger partial charge in [-0.3, -0.25) is 9.59 Å². The number of rotatable bonds is 7. The van der Waals surface area contributed by atoms with Crippen molar-refractivity contribution in [1.29, 1.82) is 0 Å². The number of thiophene rings is 1. The minimum absolute atomic E-state index is 0.209.